The van der Waals surface area contributed by atoms with Crippen molar-refractivity contribution in [3.63, 3.8) is 0 Å². The number of benzene rings is 1. The van der Waals surface area contributed by atoms with E-state index in [1.54, 1.807) is 0 Å². The Labute approximate surface area is 111 Å². The van der Waals surface area contributed by atoms with Gasteiger partial charge in [-0.3, -0.25) is 4.90 Å². The van der Waals surface area contributed by atoms with E-state index in [4.69, 9.17) is 0 Å². The van der Waals surface area contributed by atoms with Crippen LogP contribution in [0.25, 0.3) is 0 Å². The van der Waals surface area contributed by atoms with Crippen LogP contribution in [0.1, 0.15) is 41.5 Å². The summed E-state index contributed by atoms with van der Waals surface area (Å²) >= 11 is 0. The summed E-state index contributed by atoms with van der Waals surface area (Å²) in [6.45, 7) is 8.97. The minimum atomic E-state index is 0.296. The van der Waals surface area contributed by atoms with E-state index in [9.17, 15) is 5.11 Å². The van der Waals surface area contributed by atoms with Crippen molar-refractivity contribution in [2.24, 2.45) is 0 Å². The van der Waals surface area contributed by atoms with Crippen LogP contribution < -0.4 is 0 Å². The molecule has 2 nitrogen and oxygen atoms in total. The average molecular weight is 247 g/mol. The van der Waals surface area contributed by atoms with E-state index in [2.05, 4.69) is 37.8 Å². The molecule has 0 aromatic heterocycles. The Morgan fingerprint density at radius 3 is 2.44 bits per heavy atom. The zero-order valence-corrected chi connectivity index (χ0v) is 11.9. The Balaban J connectivity index is 2.17. The molecule has 1 fully saturated rings. The van der Waals surface area contributed by atoms with E-state index >= 15 is 0 Å². The van der Waals surface area contributed by atoms with Crippen LogP contribution in [-0.4, -0.2) is 29.2 Å². The minimum absolute atomic E-state index is 0.296. The lowest BCUT2D eigenvalue weighted by Gasteiger charge is -2.35. The van der Waals surface area contributed by atoms with Gasteiger partial charge in [0, 0.05) is 12.6 Å². The Kier molecular flexibility index (Phi) is 4.41. The van der Waals surface area contributed by atoms with Crippen LogP contribution in [-0.2, 0) is 6.54 Å². The van der Waals surface area contributed by atoms with Gasteiger partial charge in [-0.05, 0) is 56.8 Å². The van der Waals surface area contributed by atoms with Crippen LogP contribution in [0.3, 0.4) is 0 Å². The number of rotatable bonds is 3. The molecule has 0 radical (unpaired) electrons. The van der Waals surface area contributed by atoms with Crippen molar-refractivity contribution in [2.45, 2.75) is 52.6 Å². The van der Waals surface area contributed by atoms with Crippen molar-refractivity contribution >= 4 is 0 Å². The number of aryl methyl sites for hydroxylation is 3. The lowest BCUT2D eigenvalue weighted by molar-refractivity contribution is 0.0838. The molecule has 1 aromatic rings. The quantitative estimate of drug-likeness (QED) is 0.887. The minimum Gasteiger partial charge on any atom is -0.395 e. The van der Waals surface area contributed by atoms with Gasteiger partial charge in [0.2, 0.25) is 0 Å². The van der Waals surface area contributed by atoms with Crippen molar-refractivity contribution in [1.29, 1.82) is 0 Å². The zero-order chi connectivity index (χ0) is 13.1. The third-order valence-corrected chi connectivity index (χ3v) is 4.16. The summed E-state index contributed by atoms with van der Waals surface area (Å²) in [5, 5.41) is 9.48. The number of hydrogen-bond acceptors (Lipinski definition) is 2. The molecule has 18 heavy (non-hydrogen) atoms. The highest BCUT2D eigenvalue weighted by Gasteiger charge is 2.22. The highest BCUT2D eigenvalue weighted by molar-refractivity contribution is 5.37. The molecule has 1 unspecified atom stereocenters. The maximum absolute atomic E-state index is 9.48. The molecule has 1 aliphatic heterocycles. The topological polar surface area (TPSA) is 23.5 Å². The van der Waals surface area contributed by atoms with E-state index in [0.717, 1.165) is 19.5 Å². The summed E-state index contributed by atoms with van der Waals surface area (Å²) in [6.07, 6.45) is 3.66. The fraction of sp³-hybridized carbons (Fsp3) is 0.625. The molecular formula is C16H25NO. The molecule has 0 bridgehead atoms. The lowest BCUT2D eigenvalue weighted by Crippen LogP contribution is -2.41. The maximum atomic E-state index is 9.48. The average Bonchev–Trinajstić information content (AvgIpc) is 2.34. The van der Waals surface area contributed by atoms with Crippen molar-refractivity contribution in [3.8, 4) is 0 Å². The van der Waals surface area contributed by atoms with Gasteiger partial charge in [0.25, 0.3) is 0 Å². The number of hydrogen-bond donors (Lipinski definition) is 1. The second kappa shape index (κ2) is 5.85. The molecule has 0 spiro atoms. The van der Waals surface area contributed by atoms with Crippen LogP contribution in [0, 0.1) is 20.8 Å². The fourth-order valence-corrected chi connectivity index (χ4v) is 3.14. The highest BCUT2D eigenvalue weighted by atomic mass is 16.3. The Bertz CT molecular complexity index is 391. The van der Waals surface area contributed by atoms with Crippen LogP contribution in [0.2, 0.25) is 0 Å². The van der Waals surface area contributed by atoms with Crippen molar-refractivity contribution < 1.29 is 5.11 Å². The van der Waals surface area contributed by atoms with Gasteiger partial charge >= 0.3 is 0 Å². The molecule has 1 heterocycles. The van der Waals surface area contributed by atoms with Crippen LogP contribution in [0.4, 0.5) is 0 Å². The molecule has 0 aliphatic carbocycles. The van der Waals surface area contributed by atoms with Gasteiger partial charge in [0.1, 0.15) is 0 Å². The molecule has 1 atom stereocenters. The molecular weight excluding hydrogens is 222 g/mol. The van der Waals surface area contributed by atoms with Gasteiger partial charge in [-0.1, -0.05) is 24.1 Å². The standard InChI is InChI=1S/C16H25NO/c1-12-8-13(2)16(14(3)9-12)10-17-7-5-4-6-15(17)11-18/h8-9,15,18H,4-7,10-11H2,1-3H3. The third kappa shape index (κ3) is 2.93. The van der Waals surface area contributed by atoms with E-state index in [-0.39, 0.29) is 0 Å². The molecule has 0 amide bonds. The van der Waals surface area contributed by atoms with Crippen molar-refractivity contribution in [1.82, 2.24) is 4.90 Å². The monoisotopic (exact) mass is 247 g/mol. The van der Waals surface area contributed by atoms with E-state index in [0.29, 0.717) is 12.6 Å². The SMILES string of the molecule is Cc1cc(C)c(CN2CCCCC2CO)c(C)c1. The molecule has 1 saturated heterocycles. The van der Waals surface area contributed by atoms with Gasteiger partial charge < -0.3 is 5.11 Å². The normalized spacial score (nSPS) is 21.2. The Morgan fingerprint density at radius 1 is 1.17 bits per heavy atom. The highest BCUT2D eigenvalue weighted by Crippen LogP contribution is 2.23. The summed E-state index contributed by atoms with van der Waals surface area (Å²) in [4.78, 5) is 2.45. The smallest absolute Gasteiger partial charge is 0.0586 e. The summed E-state index contributed by atoms with van der Waals surface area (Å²) in [5.74, 6) is 0. The van der Waals surface area contributed by atoms with Crippen LogP contribution in [0.15, 0.2) is 12.1 Å². The van der Waals surface area contributed by atoms with E-state index in [1.165, 1.54) is 35.1 Å². The number of aliphatic hydroxyl groups is 1. The number of aliphatic hydroxyl groups excluding tert-OH is 1. The first-order valence-corrected chi connectivity index (χ1v) is 7.03. The summed E-state index contributed by atoms with van der Waals surface area (Å²) in [7, 11) is 0. The van der Waals surface area contributed by atoms with Gasteiger partial charge in [-0.25, -0.2) is 0 Å². The number of likely N-dealkylation sites (tertiary alicyclic amines) is 1. The van der Waals surface area contributed by atoms with Gasteiger partial charge in [0.05, 0.1) is 6.61 Å². The predicted octanol–water partition coefficient (Wildman–Crippen LogP) is 2.96. The molecule has 100 valence electrons. The molecule has 2 heteroatoms. The van der Waals surface area contributed by atoms with E-state index < -0.39 is 0 Å². The van der Waals surface area contributed by atoms with Gasteiger partial charge in [-0.15, -0.1) is 0 Å². The van der Waals surface area contributed by atoms with Gasteiger partial charge in [-0.2, -0.15) is 0 Å². The van der Waals surface area contributed by atoms with E-state index in [1.807, 2.05) is 0 Å². The Morgan fingerprint density at radius 2 is 1.83 bits per heavy atom. The largest absolute Gasteiger partial charge is 0.395 e. The first-order valence-electron chi connectivity index (χ1n) is 7.03. The zero-order valence-electron chi connectivity index (χ0n) is 11.9. The lowest BCUT2D eigenvalue weighted by atomic mass is 9.96. The van der Waals surface area contributed by atoms with Crippen molar-refractivity contribution in [3.05, 3.63) is 34.4 Å². The first-order chi connectivity index (χ1) is 8.61. The molecule has 1 N–H and O–H groups in total. The molecule has 0 saturated carbocycles. The molecule has 1 aliphatic rings. The molecule has 1 aromatic carbocycles. The Hall–Kier alpha value is -0.860. The number of piperidine rings is 1. The predicted molar refractivity (Wildman–Crippen MR) is 75.8 cm³/mol. The van der Waals surface area contributed by atoms with Gasteiger partial charge in [0.15, 0.2) is 0 Å². The van der Waals surface area contributed by atoms with Crippen LogP contribution >= 0.6 is 0 Å². The second-order valence-corrected chi connectivity index (χ2v) is 5.68. The summed E-state index contributed by atoms with van der Waals surface area (Å²) in [5.41, 5.74) is 5.55. The number of nitrogens with zero attached hydrogens (tertiary/aromatic N) is 1. The molecule has 2 rings (SSSR count). The summed E-state index contributed by atoms with van der Waals surface area (Å²) in [6, 6.07) is 4.89. The summed E-state index contributed by atoms with van der Waals surface area (Å²) < 4.78 is 0. The fourth-order valence-electron chi connectivity index (χ4n) is 3.14. The van der Waals surface area contributed by atoms with Crippen molar-refractivity contribution in [2.75, 3.05) is 13.2 Å². The first kappa shape index (κ1) is 13.6. The maximum Gasteiger partial charge on any atom is 0.0586 e. The third-order valence-electron chi connectivity index (χ3n) is 4.16. The second-order valence-electron chi connectivity index (χ2n) is 5.68. The van der Waals surface area contributed by atoms with Crippen LogP contribution in [0.5, 0.6) is 0 Å².